The third-order valence-electron chi connectivity index (χ3n) is 8.51. The number of carbonyl (C=O) groups excluding carboxylic acids is 2. The number of hydrogen-bond donors (Lipinski definition) is 0. The van der Waals surface area contributed by atoms with Gasteiger partial charge in [0.25, 0.3) is 0 Å². The fraction of sp³-hybridized carbons (Fsp3) is 0.533. The summed E-state index contributed by atoms with van der Waals surface area (Å²) in [6.07, 6.45) is 6.47. The predicted molar refractivity (Wildman–Crippen MR) is 139 cm³/mol. The van der Waals surface area contributed by atoms with Crippen molar-refractivity contribution >= 4 is 12.1 Å². The molecule has 3 aliphatic rings. The van der Waals surface area contributed by atoms with Crippen molar-refractivity contribution in [1.82, 2.24) is 9.80 Å². The van der Waals surface area contributed by atoms with Crippen molar-refractivity contribution in [2.24, 2.45) is 11.8 Å². The highest BCUT2D eigenvalue weighted by Gasteiger charge is 2.49. The van der Waals surface area contributed by atoms with Gasteiger partial charge in [-0.05, 0) is 80.2 Å². The van der Waals surface area contributed by atoms with E-state index in [2.05, 4.69) is 17.0 Å². The van der Waals surface area contributed by atoms with Crippen molar-refractivity contribution < 1.29 is 19.1 Å². The summed E-state index contributed by atoms with van der Waals surface area (Å²) in [5.74, 6) is 1.70. The number of esters is 1. The number of ether oxygens (including phenoxy) is 2. The standard InChI is InChI=1S/C30H38N2O4/c1-22(33)36-28-10-6-9-25(17-28)30-15-16-32(19-23-11-12-23)20-26(30)13-14-27(18-30)31(2)29(34)35-21-24-7-4-3-5-8-24/h3-10,17,23,26-27H,11-16,18-21H2,1-2H3. The van der Waals surface area contributed by atoms with Gasteiger partial charge in [0.1, 0.15) is 12.4 Å². The number of fused-ring (bicyclic) bond motifs is 1. The molecular weight excluding hydrogens is 452 g/mol. The summed E-state index contributed by atoms with van der Waals surface area (Å²) in [5.41, 5.74) is 2.17. The molecule has 0 spiro atoms. The summed E-state index contributed by atoms with van der Waals surface area (Å²) in [6.45, 7) is 5.11. The van der Waals surface area contributed by atoms with Crippen LogP contribution < -0.4 is 4.74 Å². The predicted octanol–water partition coefficient (Wildman–Crippen LogP) is 5.40. The van der Waals surface area contributed by atoms with E-state index < -0.39 is 0 Å². The van der Waals surface area contributed by atoms with E-state index in [9.17, 15) is 9.59 Å². The highest BCUT2D eigenvalue weighted by molar-refractivity contribution is 5.69. The smallest absolute Gasteiger partial charge is 0.410 e. The van der Waals surface area contributed by atoms with Crippen LogP contribution in [0.15, 0.2) is 54.6 Å². The summed E-state index contributed by atoms with van der Waals surface area (Å²) in [4.78, 5) is 29.1. The third kappa shape index (κ3) is 5.59. The summed E-state index contributed by atoms with van der Waals surface area (Å²) in [5, 5.41) is 0. The largest absolute Gasteiger partial charge is 0.445 e. The molecule has 36 heavy (non-hydrogen) atoms. The average Bonchev–Trinajstić information content (AvgIpc) is 3.71. The minimum absolute atomic E-state index is 0.0485. The van der Waals surface area contributed by atoms with Gasteiger partial charge in [0, 0.05) is 38.5 Å². The molecule has 3 fully saturated rings. The van der Waals surface area contributed by atoms with Crippen molar-refractivity contribution in [3.05, 3.63) is 65.7 Å². The summed E-state index contributed by atoms with van der Waals surface area (Å²) < 4.78 is 11.1. The van der Waals surface area contributed by atoms with E-state index in [0.29, 0.717) is 11.7 Å². The Morgan fingerprint density at radius 2 is 1.86 bits per heavy atom. The van der Waals surface area contributed by atoms with Crippen LogP contribution in [0.25, 0.3) is 0 Å². The van der Waals surface area contributed by atoms with E-state index in [1.54, 1.807) is 0 Å². The third-order valence-corrected chi connectivity index (χ3v) is 8.51. The van der Waals surface area contributed by atoms with E-state index in [1.165, 1.54) is 31.9 Å². The van der Waals surface area contributed by atoms with Gasteiger partial charge in [0.05, 0.1) is 0 Å². The highest BCUT2D eigenvalue weighted by atomic mass is 16.6. The molecule has 1 saturated heterocycles. The molecule has 2 aromatic rings. The molecule has 3 unspecified atom stereocenters. The van der Waals surface area contributed by atoms with Crippen molar-refractivity contribution in [2.45, 2.75) is 63.5 Å². The molecule has 2 saturated carbocycles. The van der Waals surface area contributed by atoms with Crippen LogP contribution in [0.3, 0.4) is 0 Å². The number of amides is 1. The molecule has 1 aliphatic heterocycles. The molecule has 3 atom stereocenters. The summed E-state index contributed by atoms with van der Waals surface area (Å²) in [7, 11) is 1.88. The number of carbonyl (C=O) groups is 2. The first-order valence-electron chi connectivity index (χ1n) is 13.4. The molecule has 0 N–H and O–H groups in total. The maximum absolute atomic E-state index is 13.0. The molecule has 0 radical (unpaired) electrons. The molecule has 0 bridgehead atoms. The van der Waals surface area contributed by atoms with Crippen LogP contribution >= 0.6 is 0 Å². The maximum Gasteiger partial charge on any atom is 0.410 e. The van der Waals surface area contributed by atoms with Crippen LogP contribution in [0.1, 0.15) is 56.6 Å². The number of likely N-dealkylation sites (tertiary alicyclic amines) is 1. The minimum Gasteiger partial charge on any atom is -0.445 e. The summed E-state index contributed by atoms with van der Waals surface area (Å²) >= 11 is 0. The molecule has 192 valence electrons. The van der Waals surface area contributed by atoms with Gasteiger partial charge in [-0.2, -0.15) is 0 Å². The Kier molecular flexibility index (Phi) is 7.33. The van der Waals surface area contributed by atoms with Gasteiger partial charge < -0.3 is 19.3 Å². The number of nitrogens with zero attached hydrogens (tertiary/aromatic N) is 2. The molecular formula is C30H38N2O4. The van der Waals surface area contributed by atoms with Gasteiger partial charge in [-0.25, -0.2) is 4.79 Å². The van der Waals surface area contributed by atoms with Crippen LogP contribution in [0.5, 0.6) is 5.75 Å². The van der Waals surface area contributed by atoms with Crippen LogP contribution in [-0.2, 0) is 21.6 Å². The quantitative estimate of drug-likeness (QED) is 0.384. The van der Waals surface area contributed by atoms with Crippen molar-refractivity contribution in [3.8, 4) is 5.75 Å². The second-order valence-corrected chi connectivity index (χ2v) is 11.0. The fourth-order valence-corrected chi connectivity index (χ4v) is 6.36. The molecule has 6 nitrogen and oxygen atoms in total. The Balaban J connectivity index is 1.34. The van der Waals surface area contributed by atoms with Crippen molar-refractivity contribution in [3.63, 3.8) is 0 Å². The Labute approximate surface area is 214 Å². The Morgan fingerprint density at radius 1 is 1.06 bits per heavy atom. The average molecular weight is 491 g/mol. The molecule has 2 aromatic carbocycles. The lowest BCUT2D eigenvalue weighted by Crippen LogP contribution is -2.56. The van der Waals surface area contributed by atoms with Gasteiger partial charge in [-0.3, -0.25) is 4.79 Å². The Morgan fingerprint density at radius 3 is 2.61 bits per heavy atom. The second-order valence-electron chi connectivity index (χ2n) is 11.0. The van der Waals surface area contributed by atoms with Crippen molar-refractivity contribution in [2.75, 3.05) is 26.7 Å². The number of piperidine rings is 1. The first-order chi connectivity index (χ1) is 17.4. The van der Waals surface area contributed by atoms with Crippen molar-refractivity contribution in [1.29, 1.82) is 0 Å². The summed E-state index contributed by atoms with van der Waals surface area (Å²) in [6, 6.07) is 18.0. The second kappa shape index (κ2) is 10.6. The van der Waals surface area contributed by atoms with Gasteiger partial charge in [-0.1, -0.05) is 42.5 Å². The normalized spacial score (nSPS) is 26.1. The van der Waals surface area contributed by atoms with Crippen LogP contribution in [-0.4, -0.2) is 54.6 Å². The molecule has 1 amide bonds. The van der Waals surface area contributed by atoms with E-state index in [0.717, 1.165) is 50.3 Å². The maximum atomic E-state index is 13.0. The van der Waals surface area contributed by atoms with Crippen LogP contribution in [0, 0.1) is 11.8 Å². The van der Waals surface area contributed by atoms with E-state index in [4.69, 9.17) is 9.47 Å². The van der Waals surface area contributed by atoms with Gasteiger partial charge in [0.2, 0.25) is 0 Å². The van der Waals surface area contributed by atoms with Crippen LogP contribution in [0.4, 0.5) is 4.79 Å². The number of hydrogen-bond acceptors (Lipinski definition) is 5. The fourth-order valence-electron chi connectivity index (χ4n) is 6.36. The van der Waals surface area contributed by atoms with E-state index in [1.807, 2.05) is 54.4 Å². The molecule has 2 aliphatic carbocycles. The van der Waals surface area contributed by atoms with Gasteiger partial charge >= 0.3 is 12.1 Å². The molecule has 6 heteroatoms. The first kappa shape index (κ1) is 24.8. The molecule has 0 aromatic heterocycles. The lowest BCUT2D eigenvalue weighted by atomic mass is 9.58. The Bertz CT molecular complexity index is 1070. The lowest BCUT2D eigenvalue weighted by Gasteiger charge is -2.54. The highest BCUT2D eigenvalue weighted by Crippen LogP contribution is 2.51. The zero-order valence-corrected chi connectivity index (χ0v) is 21.5. The van der Waals surface area contributed by atoms with Crippen LogP contribution in [0.2, 0.25) is 0 Å². The molecule has 1 heterocycles. The zero-order chi connectivity index (χ0) is 25.1. The first-order valence-corrected chi connectivity index (χ1v) is 13.4. The van der Waals surface area contributed by atoms with E-state index in [-0.39, 0.29) is 30.1 Å². The van der Waals surface area contributed by atoms with Gasteiger partial charge in [0.15, 0.2) is 0 Å². The number of rotatable bonds is 7. The minimum atomic E-state index is -0.303. The SMILES string of the molecule is CC(=O)Oc1cccc(C23CCN(CC4CC4)CC2CCC(N(C)C(=O)OCc2ccccc2)C3)c1. The van der Waals surface area contributed by atoms with E-state index >= 15 is 0 Å². The monoisotopic (exact) mass is 490 g/mol. The zero-order valence-electron chi connectivity index (χ0n) is 21.5. The lowest BCUT2D eigenvalue weighted by molar-refractivity contribution is -0.131. The topological polar surface area (TPSA) is 59.1 Å². The number of benzene rings is 2. The Hall–Kier alpha value is -2.86. The van der Waals surface area contributed by atoms with Gasteiger partial charge in [-0.15, -0.1) is 0 Å². The molecule has 5 rings (SSSR count).